The summed E-state index contributed by atoms with van der Waals surface area (Å²) in [5.74, 6) is 0.847. The summed E-state index contributed by atoms with van der Waals surface area (Å²) in [4.78, 5) is 8.62. The number of fused-ring (bicyclic) bond motifs is 2. The van der Waals surface area contributed by atoms with E-state index >= 15 is 0 Å². The summed E-state index contributed by atoms with van der Waals surface area (Å²) in [5.41, 5.74) is 13.7. The Morgan fingerprint density at radius 1 is 1.04 bits per heavy atom. The van der Waals surface area contributed by atoms with Gasteiger partial charge in [0.15, 0.2) is 0 Å². The minimum absolute atomic E-state index is 0.720. The Kier molecular flexibility index (Phi) is 5.05. The van der Waals surface area contributed by atoms with E-state index in [0.717, 1.165) is 53.8 Å². The number of hydrogen-bond donors (Lipinski definition) is 2. The summed E-state index contributed by atoms with van der Waals surface area (Å²) in [5, 5.41) is 2.32. The summed E-state index contributed by atoms with van der Waals surface area (Å²) in [7, 11) is 1.71. The fraction of sp³-hybridized carbons (Fsp3) is 0.292. The number of methoxy groups -OCH3 is 1. The first-order valence-corrected chi connectivity index (χ1v) is 9.88. The van der Waals surface area contributed by atoms with Gasteiger partial charge < -0.3 is 15.5 Å². The highest BCUT2D eigenvalue weighted by Crippen LogP contribution is 2.36. The summed E-state index contributed by atoms with van der Waals surface area (Å²) in [6.45, 7) is 5.03. The van der Waals surface area contributed by atoms with E-state index in [0.29, 0.717) is 0 Å². The zero-order chi connectivity index (χ0) is 19.7. The van der Waals surface area contributed by atoms with Crippen LogP contribution in [0.15, 0.2) is 42.5 Å². The molecule has 4 nitrogen and oxygen atoms in total. The highest BCUT2D eigenvalue weighted by Gasteiger charge is 2.17. The number of nitrogens with one attached hydrogen (secondary N) is 1. The number of nitrogens with two attached hydrogens (primary N) is 1. The Balaban J connectivity index is 1.96. The van der Waals surface area contributed by atoms with Crippen molar-refractivity contribution in [2.75, 3.05) is 13.7 Å². The molecule has 0 radical (unpaired) electrons. The molecule has 2 aromatic carbocycles. The fourth-order valence-electron chi connectivity index (χ4n) is 4.07. The van der Waals surface area contributed by atoms with Gasteiger partial charge in [-0.05, 0) is 69.0 Å². The molecule has 4 aromatic rings. The number of aromatic amines is 1. The summed E-state index contributed by atoms with van der Waals surface area (Å²) in [6.07, 6.45) is 3.06. The molecule has 4 rings (SSSR count). The first-order chi connectivity index (χ1) is 13.6. The molecule has 0 aliphatic carbocycles. The average Bonchev–Trinajstić information content (AvgIpc) is 3.06. The van der Waals surface area contributed by atoms with Gasteiger partial charge in [0.2, 0.25) is 0 Å². The molecule has 0 spiro atoms. The van der Waals surface area contributed by atoms with Crippen molar-refractivity contribution >= 4 is 21.8 Å². The van der Waals surface area contributed by atoms with Gasteiger partial charge in [-0.15, -0.1) is 0 Å². The number of unbranched alkanes of at least 4 members (excludes halogenated alkanes) is 1. The number of para-hydroxylation sites is 1. The zero-order valence-corrected chi connectivity index (χ0v) is 16.8. The van der Waals surface area contributed by atoms with Crippen LogP contribution in [0.3, 0.4) is 0 Å². The number of hydrogen-bond acceptors (Lipinski definition) is 3. The van der Waals surface area contributed by atoms with Crippen LogP contribution >= 0.6 is 0 Å². The largest absolute Gasteiger partial charge is 0.496 e. The van der Waals surface area contributed by atoms with Crippen molar-refractivity contribution in [3.8, 4) is 17.1 Å². The standard InChI is InChI=1S/C24H27N3O/c1-15-12-16(2)23-19(13-15)17(8-6-7-11-25)24(27-23)21-14-22(28-3)18-9-4-5-10-20(18)26-21/h4-5,9-10,12-14,27H,6-8,11,25H2,1-3H3. The fourth-order valence-corrected chi connectivity index (χ4v) is 4.07. The van der Waals surface area contributed by atoms with E-state index in [1.807, 2.05) is 30.3 Å². The Hall–Kier alpha value is -2.85. The van der Waals surface area contributed by atoms with Crippen molar-refractivity contribution < 1.29 is 4.74 Å². The lowest BCUT2D eigenvalue weighted by Gasteiger charge is -2.10. The number of aromatic nitrogens is 2. The predicted octanol–water partition coefficient (Wildman–Crippen LogP) is 5.29. The second-order valence-corrected chi connectivity index (χ2v) is 7.46. The number of pyridine rings is 1. The normalized spacial score (nSPS) is 11.4. The molecule has 0 unspecified atom stereocenters. The molecule has 0 saturated heterocycles. The molecule has 0 fully saturated rings. The van der Waals surface area contributed by atoms with Crippen molar-refractivity contribution in [1.29, 1.82) is 0 Å². The van der Waals surface area contributed by atoms with Gasteiger partial charge >= 0.3 is 0 Å². The number of nitrogens with zero attached hydrogens (tertiary/aromatic N) is 1. The maximum Gasteiger partial charge on any atom is 0.130 e. The SMILES string of the molecule is COc1cc(-c2[nH]c3c(C)cc(C)cc3c2CCCCN)nc2ccccc12. The molecule has 3 N–H and O–H groups in total. The van der Waals surface area contributed by atoms with E-state index in [1.54, 1.807) is 7.11 Å². The van der Waals surface area contributed by atoms with Gasteiger partial charge in [-0.25, -0.2) is 4.98 Å². The lowest BCUT2D eigenvalue weighted by molar-refractivity contribution is 0.419. The Morgan fingerprint density at radius 3 is 2.64 bits per heavy atom. The van der Waals surface area contributed by atoms with Crippen LogP contribution in [0.4, 0.5) is 0 Å². The molecular formula is C24H27N3O. The third-order valence-electron chi connectivity index (χ3n) is 5.39. The first kappa shape index (κ1) is 18.5. The summed E-state index contributed by atoms with van der Waals surface area (Å²) < 4.78 is 5.67. The molecule has 0 saturated carbocycles. The molecule has 144 valence electrons. The monoisotopic (exact) mass is 373 g/mol. The second kappa shape index (κ2) is 7.64. The quantitative estimate of drug-likeness (QED) is 0.451. The number of H-pyrrole nitrogens is 1. The van der Waals surface area contributed by atoms with Gasteiger partial charge in [-0.2, -0.15) is 0 Å². The van der Waals surface area contributed by atoms with Crippen molar-refractivity contribution in [2.24, 2.45) is 5.73 Å². The van der Waals surface area contributed by atoms with E-state index < -0.39 is 0 Å². The number of ether oxygens (including phenoxy) is 1. The minimum atomic E-state index is 0.720. The molecule has 0 bridgehead atoms. The predicted molar refractivity (Wildman–Crippen MR) is 117 cm³/mol. The van der Waals surface area contributed by atoms with Gasteiger partial charge in [0, 0.05) is 22.4 Å². The van der Waals surface area contributed by atoms with Crippen molar-refractivity contribution in [2.45, 2.75) is 33.1 Å². The molecule has 0 aliphatic heterocycles. The summed E-state index contributed by atoms with van der Waals surface area (Å²) >= 11 is 0. The average molecular weight is 374 g/mol. The third kappa shape index (κ3) is 3.25. The van der Waals surface area contributed by atoms with Gasteiger partial charge in [0.1, 0.15) is 5.75 Å². The molecule has 2 heterocycles. The van der Waals surface area contributed by atoms with Crippen LogP contribution < -0.4 is 10.5 Å². The van der Waals surface area contributed by atoms with E-state index in [9.17, 15) is 0 Å². The molecule has 28 heavy (non-hydrogen) atoms. The number of benzene rings is 2. The van der Waals surface area contributed by atoms with Crippen molar-refractivity contribution in [3.05, 3.63) is 59.2 Å². The van der Waals surface area contributed by atoms with Crippen LogP contribution in [0, 0.1) is 13.8 Å². The Labute approximate surface area is 165 Å². The van der Waals surface area contributed by atoms with E-state index in [2.05, 4.69) is 31.0 Å². The number of rotatable bonds is 6. The van der Waals surface area contributed by atoms with Gasteiger partial charge in [0.05, 0.1) is 24.0 Å². The van der Waals surface area contributed by atoms with Crippen LogP contribution in [0.25, 0.3) is 33.2 Å². The number of aryl methyl sites for hydroxylation is 3. The third-order valence-corrected chi connectivity index (χ3v) is 5.39. The van der Waals surface area contributed by atoms with Crippen LogP contribution in [0.2, 0.25) is 0 Å². The van der Waals surface area contributed by atoms with Gasteiger partial charge in [-0.3, -0.25) is 0 Å². The van der Waals surface area contributed by atoms with Crippen LogP contribution in [0.5, 0.6) is 5.75 Å². The topological polar surface area (TPSA) is 63.9 Å². The lowest BCUT2D eigenvalue weighted by Crippen LogP contribution is -2.00. The van der Waals surface area contributed by atoms with E-state index in [4.69, 9.17) is 15.5 Å². The van der Waals surface area contributed by atoms with Gasteiger partial charge in [0.25, 0.3) is 0 Å². The van der Waals surface area contributed by atoms with Crippen molar-refractivity contribution in [1.82, 2.24) is 9.97 Å². The minimum Gasteiger partial charge on any atom is -0.496 e. The molecule has 0 atom stereocenters. The smallest absolute Gasteiger partial charge is 0.130 e. The lowest BCUT2D eigenvalue weighted by atomic mass is 9.99. The zero-order valence-electron chi connectivity index (χ0n) is 16.8. The van der Waals surface area contributed by atoms with Gasteiger partial charge in [-0.1, -0.05) is 23.8 Å². The van der Waals surface area contributed by atoms with Crippen LogP contribution in [-0.4, -0.2) is 23.6 Å². The molecular weight excluding hydrogens is 346 g/mol. The van der Waals surface area contributed by atoms with E-state index in [1.165, 1.54) is 27.6 Å². The van der Waals surface area contributed by atoms with Crippen LogP contribution in [-0.2, 0) is 6.42 Å². The Morgan fingerprint density at radius 2 is 1.86 bits per heavy atom. The van der Waals surface area contributed by atoms with Crippen molar-refractivity contribution in [3.63, 3.8) is 0 Å². The molecule has 0 aliphatic rings. The summed E-state index contributed by atoms with van der Waals surface area (Å²) in [6, 6.07) is 14.7. The first-order valence-electron chi connectivity index (χ1n) is 9.88. The molecule has 4 heteroatoms. The highest BCUT2D eigenvalue weighted by molar-refractivity contribution is 5.94. The van der Waals surface area contributed by atoms with Crippen LogP contribution in [0.1, 0.15) is 29.5 Å². The maximum absolute atomic E-state index is 5.74. The molecule has 2 aromatic heterocycles. The Bertz CT molecular complexity index is 1140. The maximum atomic E-state index is 5.74. The second-order valence-electron chi connectivity index (χ2n) is 7.46. The molecule has 0 amide bonds. The van der Waals surface area contributed by atoms with E-state index in [-0.39, 0.29) is 0 Å². The highest BCUT2D eigenvalue weighted by atomic mass is 16.5.